The summed E-state index contributed by atoms with van der Waals surface area (Å²) in [5.41, 5.74) is -0.253. The number of aliphatic hydroxyl groups excluding tert-OH is 1. The van der Waals surface area contributed by atoms with Gasteiger partial charge in [0.25, 0.3) is 6.43 Å². The molecule has 9 heteroatoms. The van der Waals surface area contributed by atoms with E-state index in [1.165, 1.54) is 18.2 Å². The van der Waals surface area contributed by atoms with Crippen molar-refractivity contribution in [2.24, 2.45) is 0 Å². The normalized spacial score (nSPS) is 11.9. The van der Waals surface area contributed by atoms with Gasteiger partial charge in [-0.15, -0.1) is 0 Å². The van der Waals surface area contributed by atoms with Crippen LogP contribution in [0.2, 0.25) is 0 Å². The van der Waals surface area contributed by atoms with Gasteiger partial charge in [0.2, 0.25) is 10.0 Å². The predicted molar refractivity (Wildman–Crippen MR) is 69.6 cm³/mol. The van der Waals surface area contributed by atoms with Gasteiger partial charge < -0.3 is 9.84 Å². The van der Waals surface area contributed by atoms with E-state index in [0.29, 0.717) is 4.31 Å². The molecule has 1 N–H and O–H groups in total. The molecule has 21 heavy (non-hydrogen) atoms. The zero-order valence-corrected chi connectivity index (χ0v) is 12.0. The minimum atomic E-state index is -4.35. The first-order valence-corrected chi connectivity index (χ1v) is 7.35. The lowest BCUT2D eigenvalue weighted by atomic mass is 10.2. The van der Waals surface area contributed by atoms with Gasteiger partial charge in [0.05, 0.1) is 30.7 Å². The lowest BCUT2D eigenvalue weighted by Gasteiger charge is -2.21. The van der Waals surface area contributed by atoms with E-state index >= 15 is 0 Å². The molecule has 118 valence electrons. The average Bonchev–Trinajstić information content (AvgIpc) is 2.45. The molecule has 0 unspecified atom stereocenters. The third-order valence-electron chi connectivity index (χ3n) is 2.60. The predicted octanol–water partition coefficient (Wildman–Crippen LogP) is 0.721. The highest BCUT2D eigenvalue weighted by Gasteiger charge is 2.30. The van der Waals surface area contributed by atoms with Crippen molar-refractivity contribution in [1.82, 2.24) is 4.31 Å². The SMILES string of the molecule is COC(=O)c1ccccc1S(=O)(=O)N(CCO)CC(F)F. The smallest absolute Gasteiger partial charge is 0.339 e. The molecule has 0 amide bonds. The Hall–Kier alpha value is -1.58. The lowest BCUT2D eigenvalue weighted by Crippen LogP contribution is -2.37. The zero-order valence-electron chi connectivity index (χ0n) is 11.2. The second-order valence-electron chi connectivity index (χ2n) is 3.97. The number of hydrogen-bond donors (Lipinski definition) is 1. The molecule has 1 rings (SSSR count). The van der Waals surface area contributed by atoms with E-state index in [1.807, 2.05) is 0 Å². The van der Waals surface area contributed by atoms with Crippen molar-refractivity contribution < 1.29 is 31.8 Å². The first-order valence-electron chi connectivity index (χ1n) is 5.91. The van der Waals surface area contributed by atoms with Crippen LogP contribution in [0.4, 0.5) is 8.78 Å². The molecule has 0 heterocycles. The van der Waals surface area contributed by atoms with Gasteiger partial charge in [-0.1, -0.05) is 12.1 Å². The minimum absolute atomic E-state index is 0.253. The molecule has 0 aliphatic heterocycles. The van der Waals surface area contributed by atoms with Crippen LogP contribution < -0.4 is 0 Å². The number of nitrogens with zero attached hydrogens (tertiary/aromatic N) is 1. The Labute approximate surface area is 121 Å². The summed E-state index contributed by atoms with van der Waals surface area (Å²) in [6, 6.07) is 5.13. The molecule has 1 aromatic rings. The summed E-state index contributed by atoms with van der Waals surface area (Å²) >= 11 is 0. The number of alkyl halides is 2. The second-order valence-corrected chi connectivity index (χ2v) is 5.87. The summed E-state index contributed by atoms with van der Waals surface area (Å²) in [5, 5.41) is 8.84. The Morgan fingerprint density at radius 3 is 2.52 bits per heavy atom. The van der Waals surface area contributed by atoms with Gasteiger partial charge in [-0.3, -0.25) is 0 Å². The maximum absolute atomic E-state index is 12.5. The molecular formula is C12H15F2NO5S. The summed E-state index contributed by atoms with van der Waals surface area (Å²) in [4.78, 5) is 11.1. The number of carbonyl (C=O) groups is 1. The lowest BCUT2D eigenvalue weighted by molar-refractivity contribution is 0.0596. The van der Waals surface area contributed by atoms with Gasteiger partial charge in [-0.2, -0.15) is 4.31 Å². The van der Waals surface area contributed by atoms with Crippen molar-refractivity contribution in [3.05, 3.63) is 29.8 Å². The number of ether oxygens (including phenoxy) is 1. The maximum Gasteiger partial charge on any atom is 0.339 e. The van der Waals surface area contributed by atoms with E-state index in [9.17, 15) is 22.0 Å². The Kier molecular flexibility index (Phi) is 6.19. The largest absolute Gasteiger partial charge is 0.465 e. The molecule has 0 aliphatic rings. The summed E-state index contributed by atoms with van der Waals surface area (Å²) in [5.74, 6) is -0.893. The summed E-state index contributed by atoms with van der Waals surface area (Å²) < 4.78 is 54.6. The van der Waals surface area contributed by atoms with Crippen molar-refractivity contribution in [1.29, 1.82) is 0 Å². The highest BCUT2D eigenvalue weighted by Crippen LogP contribution is 2.21. The fourth-order valence-corrected chi connectivity index (χ4v) is 3.27. The monoisotopic (exact) mass is 323 g/mol. The van der Waals surface area contributed by atoms with Gasteiger partial charge in [0, 0.05) is 6.54 Å². The van der Waals surface area contributed by atoms with Crippen molar-refractivity contribution in [3.8, 4) is 0 Å². The van der Waals surface area contributed by atoms with Crippen LogP contribution in [0.5, 0.6) is 0 Å². The summed E-state index contributed by atoms with van der Waals surface area (Å²) in [7, 11) is -3.27. The number of methoxy groups -OCH3 is 1. The number of halogens is 2. The van der Waals surface area contributed by atoms with E-state index in [0.717, 1.165) is 13.2 Å². The van der Waals surface area contributed by atoms with E-state index < -0.39 is 47.0 Å². The van der Waals surface area contributed by atoms with Gasteiger partial charge in [0.1, 0.15) is 0 Å². The zero-order chi connectivity index (χ0) is 16.0. The van der Waals surface area contributed by atoms with E-state index in [4.69, 9.17) is 5.11 Å². The van der Waals surface area contributed by atoms with Crippen LogP contribution in [0.25, 0.3) is 0 Å². The maximum atomic E-state index is 12.5. The molecular weight excluding hydrogens is 308 g/mol. The van der Waals surface area contributed by atoms with E-state index in [1.54, 1.807) is 0 Å². The third-order valence-corrected chi connectivity index (χ3v) is 4.52. The number of benzene rings is 1. The van der Waals surface area contributed by atoms with E-state index in [2.05, 4.69) is 4.74 Å². The van der Waals surface area contributed by atoms with Crippen molar-refractivity contribution in [2.45, 2.75) is 11.3 Å². The molecule has 0 saturated carbocycles. The van der Waals surface area contributed by atoms with Crippen LogP contribution >= 0.6 is 0 Å². The molecule has 0 atom stereocenters. The first-order chi connectivity index (χ1) is 9.84. The van der Waals surface area contributed by atoms with Crippen molar-refractivity contribution in [2.75, 3.05) is 26.8 Å². The average molecular weight is 323 g/mol. The Bertz CT molecular complexity index is 591. The number of rotatable bonds is 7. The van der Waals surface area contributed by atoms with Crippen molar-refractivity contribution in [3.63, 3.8) is 0 Å². The third kappa shape index (κ3) is 4.19. The van der Waals surface area contributed by atoms with E-state index in [-0.39, 0.29) is 5.56 Å². The van der Waals surface area contributed by atoms with Crippen LogP contribution in [0.1, 0.15) is 10.4 Å². The highest BCUT2D eigenvalue weighted by molar-refractivity contribution is 7.89. The Morgan fingerprint density at radius 1 is 1.38 bits per heavy atom. The Morgan fingerprint density at radius 2 is 2.00 bits per heavy atom. The fraction of sp³-hybridized carbons (Fsp3) is 0.417. The molecule has 0 radical (unpaired) electrons. The standard InChI is InChI=1S/C12H15F2NO5S/c1-20-12(17)9-4-2-3-5-10(9)21(18,19)15(6-7-16)8-11(13)14/h2-5,11,16H,6-8H2,1H3. The molecule has 0 saturated heterocycles. The van der Waals surface area contributed by atoms with Crippen LogP contribution in [0.3, 0.4) is 0 Å². The first kappa shape index (κ1) is 17.5. The van der Waals surface area contributed by atoms with Crippen LogP contribution in [-0.2, 0) is 14.8 Å². The van der Waals surface area contributed by atoms with Crippen LogP contribution in [0.15, 0.2) is 29.2 Å². The number of sulfonamides is 1. The second kappa shape index (κ2) is 7.43. The topological polar surface area (TPSA) is 83.9 Å². The fourth-order valence-electron chi connectivity index (χ4n) is 1.68. The number of hydrogen-bond acceptors (Lipinski definition) is 5. The highest BCUT2D eigenvalue weighted by atomic mass is 32.2. The van der Waals surface area contributed by atoms with Gasteiger partial charge in [-0.05, 0) is 12.1 Å². The Balaban J connectivity index is 3.31. The minimum Gasteiger partial charge on any atom is -0.465 e. The van der Waals surface area contributed by atoms with Gasteiger partial charge in [-0.25, -0.2) is 22.0 Å². The van der Waals surface area contributed by atoms with Crippen LogP contribution in [0, 0.1) is 0 Å². The summed E-state index contributed by atoms with van der Waals surface area (Å²) in [6.45, 7) is -2.19. The van der Waals surface area contributed by atoms with Gasteiger partial charge >= 0.3 is 5.97 Å². The molecule has 1 aromatic carbocycles. The molecule has 6 nitrogen and oxygen atoms in total. The van der Waals surface area contributed by atoms with Gasteiger partial charge in [0.15, 0.2) is 0 Å². The molecule has 0 fully saturated rings. The quantitative estimate of drug-likeness (QED) is 0.748. The molecule has 0 aromatic heterocycles. The molecule has 0 aliphatic carbocycles. The van der Waals surface area contributed by atoms with Crippen molar-refractivity contribution >= 4 is 16.0 Å². The summed E-state index contributed by atoms with van der Waals surface area (Å²) in [6.07, 6.45) is -2.91. The molecule has 0 bridgehead atoms. The number of esters is 1. The number of carbonyl (C=O) groups excluding carboxylic acids is 1. The molecule has 0 spiro atoms. The van der Waals surface area contributed by atoms with Crippen LogP contribution in [-0.4, -0.2) is 57.0 Å². The number of aliphatic hydroxyl groups is 1.